The van der Waals surface area contributed by atoms with Crippen LogP contribution in [0.5, 0.6) is 0 Å². The normalized spacial score (nSPS) is 44.5. The average Bonchev–Trinajstić information content (AvgIpc) is 2.24. The number of carbonyl (C=O) groups excluding carboxylic acids is 1. The number of hydrogen-bond donors (Lipinski definition) is 2. The molecule has 3 heteroatoms. The van der Waals surface area contributed by atoms with E-state index in [0.29, 0.717) is 5.41 Å². The van der Waals surface area contributed by atoms with Crippen LogP contribution in [-0.4, -0.2) is 22.7 Å². The largest absolute Gasteiger partial charge is 0.391 e. The Morgan fingerprint density at radius 1 is 1.25 bits per heavy atom. The molecule has 4 bridgehead atoms. The minimum absolute atomic E-state index is 0.148. The third-order valence-corrected chi connectivity index (χ3v) is 6.32. The lowest BCUT2D eigenvalue weighted by Crippen LogP contribution is -2.61. The molecule has 3 unspecified atom stereocenters. The van der Waals surface area contributed by atoms with Gasteiger partial charge in [0.05, 0.1) is 17.1 Å². The lowest BCUT2D eigenvalue weighted by molar-refractivity contribution is -0.158. The maximum Gasteiger partial charge on any atom is 0.226 e. The van der Waals surface area contributed by atoms with Gasteiger partial charge in [-0.25, -0.2) is 0 Å². The fourth-order valence-electron chi connectivity index (χ4n) is 5.52. The highest BCUT2D eigenvalue weighted by molar-refractivity contribution is 5.84. The number of amides is 1. The standard InChI is InChI=1S/C17H29NO2/c1-11(19)15(2,3)18-14(20)17-8-12-5-13(9-17)7-16(4,6-12)10-17/h11-13,19H,5-10H2,1-4H3,(H,18,20). The molecule has 0 spiro atoms. The molecule has 2 N–H and O–H groups in total. The van der Waals surface area contributed by atoms with Crippen molar-refractivity contribution in [1.82, 2.24) is 5.32 Å². The predicted molar refractivity (Wildman–Crippen MR) is 79.1 cm³/mol. The van der Waals surface area contributed by atoms with Crippen molar-refractivity contribution in [3.63, 3.8) is 0 Å². The highest BCUT2D eigenvalue weighted by Crippen LogP contribution is 2.65. The Morgan fingerprint density at radius 3 is 2.25 bits per heavy atom. The first-order valence-corrected chi connectivity index (χ1v) is 8.15. The van der Waals surface area contributed by atoms with Crippen LogP contribution < -0.4 is 5.32 Å². The SMILES string of the molecule is CC(O)C(C)(C)NC(=O)C12CC3CC(CC(C)(C3)C1)C2. The fraction of sp³-hybridized carbons (Fsp3) is 0.941. The molecule has 1 amide bonds. The summed E-state index contributed by atoms with van der Waals surface area (Å²) >= 11 is 0. The van der Waals surface area contributed by atoms with Crippen LogP contribution in [0.4, 0.5) is 0 Å². The van der Waals surface area contributed by atoms with Gasteiger partial charge in [-0.3, -0.25) is 4.79 Å². The maximum absolute atomic E-state index is 12.9. The summed E-state index contributed by atoms with van der Waals surface area (Å²) in [6.45, 7) is 7.96. The Morgan fingerprint density at radius 2 is 1.80 bits per heavy atom. The van der Waals surface area contributed by atoms with Crippen molar-refractivity contribution in [2.45, 2.75) is 77.9 Å². The number of carbonyl (C=O) groups is 1. The molecule has 0 heterocycles. The average molecular weight is 279 g/mol. The van der Waals surface area contributed by atoms with Gasteiger partial charge in [-0.15, -0.1) is 0 Å². The highest BCUT2D eigenvalue weighted by Gasteiger charge is 2.59. The van der Waals surface area contributed by atoms with Gasteiger partial charge < -0.3 is 10.4 Å². The van der Waals surface area contributed by atoms with Crippen molar-refractivity contribution >= 4 is 5.91 Å². The molecule has 114 valence electrons. The van der Waals surface area contributed by atoms with Crippen LogP contribution in [0.15, 0.2) is 0 Å². The zero-order valence-corrected chi connectivity index (χ0v) is 13.3. The van der Waals surface area contributed by atoms with E-state index in [-0.39, 0.29) is 11.3 Å². The second-order valence-electron chi connectivity index (χ2n) is 8.90. The van der Waals surface area contributed by atoms with E-state index in [0.717, 1.165) is 31.1 Å². The van der Waals surface area contributed by atoms with Crippen LogP contribution in [0.2, 0.25) is 0 Å². The number of hydrogen-bond acceptors (Lipinski definition) is 2. The lowest BCUT2D eigenvalue weighted by atomic mass is 9.44. The van der Waals surface area contributed by atoms with Gasteiger partial charge in [0.15, 0.2) is 0 Å². The van der Waals surface area contributed by atoms with E-state index in [9.17, 15) is 9.90 Å². The first-order valence-electron chi connectivity index (χ1n) is 8.15. The van der Waals surface area contributed by atoms with Crippen molar-refractivity contribution in [2.75, 3.05) is 0 Å². The molecule has 4 aliphatic rings. The third-order valence-electron chi connectivity index (χ3n) is 6.32. The summed E-state index contributed by atoms with van der Waals surface area (Å²) in [5.41, 5.74) is -0.303. The van der Waals surface area contributed by atoms with Crippen LogP contribution in [0.1, 0.15) is 66.2 Å². The molecule has 3 atom stereocenters. The summed E-state index contributed by atoms with van der Waals surface area (Å²) < 4.78 is 0. The van der Waals surface area contributed by atoms with Gasteiger partial charge in [0.1, 0.15) is 0 Å². The molecule has 3 nitrogen and oxygen atoms in total. The second kappa shape index (κ2) is 4.22. The minimum Gasteiger partial charge on any atom is -0.391 e. The second-order valence-corrected chi connectivity index (χ2v) is 8.90. The Balaban J connectivity index is 1.81. The minimum atomic E-state index is -0.540. The van der Waals surface area contributed by atoms with Gasteiger partial charge >= 0.3 is 0 Å². The van der Waals surface area contributed by atoms with Crippen molar-refractivity contribution in [2.24, 2.45) is 22.7 Å². The van der Waals surface area contributed by atoms with E-state index in [4.69, 9.17) is 0 Å². The molecule has 4 fully saturated rings. The van der Waals surface area contributed by atoms with Gasteiger partial charge in [-0.2, -0.15) is 0 Å². The number of nitrogens with one attached hydrogen (secondary N) is 1. The fourth-order valence-corrected chi connectivity index (χ4v) is 5.52. The molecular formula is C17H29NO2. The van der Waals surface area contributed by atoms with Crippen LogP contribution in [-0.2, 0) is 4.79 Å². The van der Waals surface area contributed by atoms with Gasteiger partial charge in [-0.1, -0.05) is 6.92 Å². The summed E-state index contributed by atoms with van der Waals surface area (Å²) in [5, 5.41) is 13.0. The monoisotopic (exact) mass is 279 g/mol. The van der Waals surface area contributed by atoms with E-state index in [2.05, 4.69) is 12.2 Å². The summed E-state index contributed by atoms with van der Waals surface area (Å²) in [6, 6.07) is 0. The van der Waals surface area contributed by atoms with E-state index in [1.165, 1.54) is 19.3 Å². The van der Waals surface area contributed by atoms with Crippen LogP contribution >= 0.6 is 0 Å². The summed E-state index contributed by atoms with van der Waals surface area (Å²) in [5.74, 6) is 1.70. The number of aliphatic hydroxyl groups is 1. The van der Waals surface area contributed by atoms with Crippen molar-refractivity contribution in [3.05, 3.63) is 0 Å². The smallest absolute Gasteiger partial charge is 0.226 e. The summed E-state index contributed by atoms with van der Waals surface area (Å²) in [6.07, 6.45) is 6.63. The molecule has 0 aliphatic heterocycles. The quantitative estimate of drug-likeness (QED) is 0.834. The predicted octanol–water partition coefficient (Wildman–Crippen LogP) is 2.87. The number of aliphatic hydroxyl groups excluding tert-OH is 1. The molecule has 20 heavy (non-hydrogen) atoms. The molecule has 0 radical (unpaired) electrons. The van der Waals surface area contributed by atoms with Gasteiger partial charge in [0, 0.05) is 0 Å². The molecule has 4 saturated carbocycles. The van der Waals surface area contributed by atoms with Crippen LogP contribution in [0.3, 0.4) is 0 Å². The third kappa shape index (κ3) is 2.18. The van der Waals surface area contributed by atoms with Gasteiger partial charge in [0.2, 0.25) is 5.91 Å². The van der Waals surface area contributed by atoms with E-state index >= 15 is 0 Å². The van der Waals surface area contributed by atoms with Crippen molar-refractivity contribution in [1.29, 1.82) is 0 Å². The first-order chi connectivity index (χ1) is 9.14. The number of rotatable bonds is 3. The first kappa shape index (κ1) is 14.4. The Hall–Kier alpha value is -0.570. The van der Waals surface area contributed by atoms with E-state index in [1.807, 2.05) is 13.8 Å². The lowest BCUT2D eigenvalue weighted by Gasteiger charge is -2.60. The Bertz CT molecular complexity index is 413. The Kier molecular flexibility index (Phi) is 3.03. The highest BCUT2D eigenvalue weighted by atomic mass is 16.3. The van der Waals surface area contributed by atoms with Crippen LogP contribution in [0.25, 0.3) is 0 Å². The van der Waals surface area contributed by atoms with Crippen molar-refractivity contribution in [3.8, 4) is 0 Å². The van der Waals surface area contributed by atoms with Gasteiger partial charge in [0.25, 0.3) is 0 Å². The molecular weight excluding hydrogens is 250 g/mol. The molecule has 4 aliphatic carbocycles. The molecule has 0 aromatic carbocycles. The summed E-state index contributed by atoms with van der Waals surface area (Å²) in [7, 11) is 0. The summed E-state index contributed by atoms with van der Waals surface area (Å²) in [4.78, 5) is 12.9. The zero-order chi connectivity index (χ0) is 14.8. The topological polar surface area (TPSA) is 49.3 Å². The Labute approximate surface area is 122 Å². The van der Waals surface area contributed by atoms with Gasteiger partial charge in [-0.05, 0) is 76.5 Å². The van der Waals surface area contributed by atoms with Crippen LogP contribution in [0, 0.1) is 22.7 Å². The molecule has 0 saturated heterocycles. The van der Waals surface area contributed by atoms with E-state index in [1.54, 1.807) is 6.92 Å². The van der Waals surface area contributed by atoms with E-state index < -0.39 is 11.6 Å². The molecule has 4 rings (SSSR count). The molecule has 0 aromatic heterocycles. The maximum atomic E-state index is 12.9. The molecule has 0 aromatic rings. The zero-order valence-electron chi connectivity index (χ0n) is 13.3. The van der Waals surface area contributed by atoms with Crippen molar-refractivity contribution < 1.29 is 9.90 Å².